The van der Waals surface area contributed by atoms with Crippen LogP contribution < -0.4 is 9.47 Å². The Kier molecular flexibility index (Phi) is 3.60. The van der Waals surface area contributed by atoms with Crippen molar-refractivity contribution in [3.05, 3.63) is 23.8 Å². The molecule has 2 amide bonds. The van der Waals surface area contributed by atoms with Gasteiger partial charge in [-0.05, 0) is 12.1 Å². The van der Waals surface area contributed by atoms with Crippen molar-refractivity contribution >= 4 is 17.6 Å². The van der Waals surface area contributed by atoms with Crippen LogP contribution in [0.25, 0.3) is 0 Å². The van der Waals surface area contributed by atoms with Crippen molar-refractivity contribution in [2.45, 2.75) is 19.4 Å². The van der Waals surface area contributed by atoms with E-state index in [2.05, 4.69) is 0 Å². The molecule has 22 heavy (non-hydrogen) atoms. The number of rotatable bonds is 4. The van der Waals surface area contributed by atoms with Gasteiger partial charge < -0.3 is 9.47 Å². The van der Waals surface area contributed by atoms with Crippen LogP contribution in [-0.4, -0.2) is 36.7 Å². The number of nitrogens with zero attached hydrogens (tertiary/aromatic N) is 1. The smallest absolute Gasteiger partial charge is 0.233 e. The lowest BCUT2D eigenvalue weighted by atomic mass is 10.00. The minimum atomic E-state index is -0.468. The summed E-state index contributed by atoms with van der Waals surface area (Å²) in [7, 11) is 3.08. The van der Waals surface area contributed by atoms with Crippen molar-refractivity contribution in [1.29, 1.82) is 0 Å². The van der Waals surface area contributed by atoms with Crippen LogP contribution in [-0.2, 0) is 20.9 Å². The maximum Gasteiger partial charge on any atom is 0.233 e. The fraction of sp³-hybridized carbons (Fsp3) is 0.438. The van der Waals surface area contributed by atoms with Gasteiger partial charge in [-0.3, -0.25) is 19.3 Å². The molecule has 2 atom stereocenters. The zero-order chi connectivity index (χ0) is 15.9. The van der Waals surface area contributed by atoms with E-state index in [0.717, 1.165) is 5.56 Å². The molecule has 0 bridgehead atoms. The molecule has 1 heterocycles. The topological polar surface area (TPSA) is 72.9 Å². The van der Waals surface area contributed by atoms with Crippen LogP contribution in [0.1, 0.15) is 18.4 Å². The van der Waals surface area contributed by atoms with Gasteiger partial charge in [-0.1, -0.05) is 0 Å². The Bertz CT molecular complexity index is 628. The Morgan fingerprint density at radius 1 is 1.05 bits per heavy atom. The molecule has 6 nitrogen and oxygen atoms in total. The largest absolute Gasteiger partial charge is 0.497 e. The first-order valence-electron chi connectivity index (χ1n) is 7.13. The fourth-order valence-electron chi connectivity index (χ4n) is 3.19. The predicted molar refractivity (Wildman–Crippen MR) is 76.3 cm³/mol. The molecule has 2 unspecified atom stereocenters. The molecule has 1 aliphatic carbocycles. The molecule has 1 aromatic carbocycles. The van der Waals surface area contributed by atoms with Crippen molar-refractivity contribution in [3.8, 4) is 11.5 Å². The summed E-state index contributed by atoms with van der Waals surface area (Å²) in [6, 6.07) is 5.25. The molecule has 0 spiro atoms. The van der Waals surface area contributed by atoms with Crippen molar-refractivity contribution in [3.63, 3.8) is 0 Å². The van der Waals surface area contributed by atoms with Crippen molar-refractivity contribution in [1.82, 2.24) is 4.90 Å². The molecular weight excluding hydrogens is 286 g/mol. The lowest BCUT2D eigenvalue weighted by Gasteiger charge is -2.18. The van der Waals surface area contributed by atoms with Gasteiger partial charge in [0.05, 0.1) is 32.6 Å². The Morgan fingerprint density at radius 3 is 2.23 bits per heavy atom. The second kappa shape index (κ2) is 5.44. The minimum Gasteiger partial charge on any atom is -0.497 e. The number of methoxy groups -OCH3 is 2. The summed E-state index contributed by atoms with van der Waals surface area (Å²) in [5.74, 6) is -0.237. The number of hydrogen-bond donors (Lipinski definition) is 0. The van der Waals surface area contributed by atoms with Gasteiger partial charge in [-0.2, -0.15) is 0 Å². The monoisotopic (exact) mass is 303 g/mol. The van der Waals surface area contributed by atoms with Crippen molar-refractivity contribution in [2.24, 2.45) is 11.8 Å². The van der Waals surface area contributed by atoms with E-state index in [9.17, 15) is 14.4 Å². The van der Waals surface area contributed by atoms with Gasteiger partial charge in [-0.25, -0.2) is 0 Å². The Morgan fingerprint density at radius 2 is 1.68 bits per heavy atom. The van der Waals surface area contributed by atoms with Gasteiger partial charge in [0.2, 0.25) is 11.8 Å². The van der Waals surface area contributed by atoms with E-state index in [0.29, 0.717) is 11.5 Å². The van der Waals surface area contributed by atoms with Gasteiger partial charge in [-0.15, -0.1) is 0 Å². The summed E-state index contributed by atoms with van der Waals surface area (Å²) in [6.07, 6.45) is 0.372. The molecule has 0 radical (unpaired) electrons. The molecule has 0 N–H and O–H groups in total. The number of ether oxygens (including phenoxy) is 2. The molecule has 1 saturated heterocycles. The molecule has 116 valence electrons. The summed E-state index contributed by atoms with van der Waals surface area (Å²) >= 11 is 0. The van der Waals surface area contributed by atoms with Crippen LogP contribution >= 0.6 is 0 Å². The van der Waals surface area contributed by atoms with Crippen LogP contribution in [0.3, 0.4) is 0 Å². The Balaban J connectivity index is 1.84. The number of ketones is 1. The minimum absolute atomic E-state index is 0.00150. The van der Waals surface area contributed by atoms with E-state index in [1.54, 1.807) is 25.3 Å². The lowest BCUT2D eigenvalue weighted by molar-refractivity contribution is -0.142. The Labute approximate surface area is 128 Å². The van der Waals surface area contributed by atoms with Crippen LogP contribution in [0.4, 0.5) is 0 Å². The molecule has 0 aromatic heterocycles. The number of carbonyl (C=O) groups excluding carboxylic acids is 3. The van der Waals surface area contributed by atoms with Gasteiger partial charge in [0.25, 0.3) is 0 Å². The van der Waals surface area contributed by atoms with Crippen LogP contribution in [0.15, 0.2) is 18.2 Å². The lowest BCUT2D eigenvalue weighted by Crippen LogP contribution is -2.32. The fourth-order valence-corrected chi connectivity index (χ4v) is 3.19. The molecule has 1 aromatic rings. The van der Waals surface area contributed by atoms with E-state index < -0.39 is 11.8 Å². The Hall–Kier alpha value is -2.37. The van der Waals surface area contributed by atoms with Gasteiger partial charge >= 0.3 is 0 Å². The predicted octanol–water partition coefficient (Wildman–Crippen LogP) is 1.17. The average molecular weight is 303 g/mol. The number of fused-ring (bicyclic) bond motifs is 1. The molecule has 2 fully saturated rings. The first-order chi connectivity index (χ1) is 10.5. The third-order valence-corrected chi connectivity index (χ3v) is 4.37. The number of imide groups is 1. The summed E-state index contributed by atoms with van der Waals surface area (Å²) in [6.45, 7) is 0.159. The van der Waals surface area contributed by atoms with E-state index in [-0.39, 0.29) is 37.0 Å². The first kappa shape index (κ1) is 14.6. The average Bonchev–Trinajstić information content (AvgIpc) is 3.01. The second-order valence-electron chi connectivity index (χ2n) is 5.60. The number of carbonyl (C=O) groups is 3. The van der Waals surface area contributed by atoms with Gasteiger partial charge in [0, 0.05) is 24.5 Å². The molecule has 6 heteroatoms. The zero-order valence-electron chi connectivity index (χ0n) is 12.5. The van der Waals surface area contributed by atoms with Crippen LogP contribution in [0, 0.1) is 11.8 Å². The normalized spacial score (nSPS) is 23.9. The number of amides is 2. The summed E-state index contributed by atoms with van der Waals surface area (Å²) in [5, 5.41) is 0. The SMILES string of the molecule is COc1ccc(CN2C(=O)C3CC(=O)CC3C2=O)c(OC)c1. The van der Waals surface area contributed by atoms with E-state index in [4.69, 9.17) is 9.47 Å². The molecule has 1 aliphatic heterocycles. The summed E-state index contributed by atoms with van der Waals surface area (Å²) in [4.78, 5) is 37.4. The highest BCUT2D eigenvalue weighted by Gasteiger charge is 2.52. The third kappa shape index (κ3) is 2.24. The first-order valence-corrected chi connectivity index (χ1v) is 7.13. The quantitative estimate of drug-likeness (QED) is 0.781. The summed E-state index contributed by atoms with van der Waals surface area (Å²) in [5.41, 5.74) is 0.733. The maximum atomic E-state index is 12.4. The molecular formula is C16H17NO5. The zero-order valence-corrected chi connectivity index (χ0v) is 12.5. The van der Waals surface area contributed by atoms with Crippen LogP contribution in [0.2, 0.25) is 0 Å². The number of likely N-dealkylation sites (tertiary alicyclic amines) is 1. The van der Waals surface area contributed by atoms with Crippen molar-refractivity contribution in [2.75, 3.05) is 14.2 Å². The van der Waals surface area contributed by atoms with Gasteiger partial charge in [0.15, 0.2) is 0 Å². The number of hydrogen-bond acceptors (Lipinski definition) is 5. The summed E-state index contributed by atoms with van der Waals surface area (Å²) < 4.78 is 10.4. The van der Waals surface area contributed by atoms with E-state index >= 15 is 0 Å². The molecule has 3 rings (SSSR count). The molecule has 2 aliphatic rings. The standard InChI is InChI=1S/C16H17NO5/c1-21-11-4-3-9(14(7-11)22-2)8-17-15(19)12-5-10(18)6-13(12)16(17)20/h3-4,7,12-13H,5-6,8H2,1-2H3. The molecule has 1 saturated carbocycles. The highest BCUT2D eigenvalue weighted by molar-refractivity contribution is 6.10. The van der Waals surface area contributed by atoms with Crippen molar-refractivity contribution < 1.29 is 23.9 Å². The third-order valence-electron chi connectivity index (χ3n) is 4.37. The number of Topliss-reactive ketones (excluding diaryl/α,β-unsaturated/α-hetero) is 1. The highest BCUT2D eigenvalue weighted by Crippen LogP contribution is 2.39. The number of benzene rings is 1. The van der Waals surface area contributed by atoms with E-state index in [1.807, 2.05) is 0 Å². The van der Waals surface area contributed by atoms with Gasteiger partial charge in [0.1, 0.15) is 17.3 Å². The maximum absolute atomic E-state index is 12.4. The second-order valence-corrected chi connectivity index (χ2v) is 5.60. The van der Waals surface area contributed by atoms with Crippen LogP contribution in [0.5, 0.6) is 11.5 Å². The van der Waals surface area contributed by atoms with E-state index in [1.165, 1.54) is 12.0 Å². The highest BCUT2D eigenvalue weighted by atomic mass is 16.5.